The third-order valence-corrected chi connectivity index (χ3v) is 12.0. The molecule has 0 bridgehead atoms. The third-order valence-electron chi connectivity index (χ3n) is 12.0. The molecule has 1 aliphatic carbocycles. The van der Waals surface area contributed by atoms with Crippen LogP contribution < -0.4 is 0 Å². The van der Waals surface area contributed by atoms with E-state index in [4.69, 9.17) is 29.3 Å². The molecule has 60 heavy (non-hydrogen) atoms. The number of furan rings is 1. The standard InChI is InChI=1S/C54H39N5O/c1-32-25-26-36(30-42(32)48-33(2)55-50-49(56-48)41-21-11-12-23-44(41)54(50,3)4)37-27-28-45-43(31-37)47-40(22-14-24-46(47)60-45)38-19-13-20-39(29-38)53-58-51(34-15-7-5-8-16-34)57-52(59-53)35-17-9-6-10-18-35/h5-31H,1-4H3. The van der Waals surface area contributed by atoms with Crippen molar-refractivity contribution < 1.29 is 4.42 Å². The van der Waals surface area contributed by atoms with Gasteiger partial charge in [-0.15, -0.1) is 0 Å². The Labute approximate surface area is 348 Å². The van der Waals surface area contributed by atoms with Crippen LogP contribution in [-0.4, -0.2) is 24.9 Å². The van der Waals surface area contributed by atoms with Gasteiger partial charge in [0.1, 0.15) is 11.2 Å². The summed E-state index contributed by atoms with van der Waals surface area (Å²) in [5.41, 5.74) is 17.1. The Kier molecular flexibility index (Phi) is 8.17. The average molecular weight is 774 g/mol. The number of aryl methyl sites for hydroxylation is 2. The summed E-state index contributed by atoms with van der Waals surface area (Å²) in [4.78, 5) is 25.5. The zero-order valence-corrected chi connectivity index (χ0v) is 33.7. The first-order valence-electron chi connectivity index (χ1n) is 20.3. The summed E-state index contributed by atoms with van der Waals surface area (Å²) in [6, 6.07) is 56.6. The minimum Gasteiger partial charge on any atom is -0.456 e. The minimum absolute atomic E-state index is 0.202. The second-order valence-corrected chi connectivity index (χ2v) is 16.2. The molecule has 11 rings (SSSR count). The SMILES string of the molecule is Cc1ccc(-c2ccc3oc4cccc(-c5cccc(-c6nc(-c7ccccc7)nc(-c7ccccc7)n6)c5)c4c3c2)cc1-c1nc2c(nc1C)C(C)(C)c1ccccc1-2. The molecule has 3 heterocycles. The predicted octanol–water partition coefficient (Wildman–Crippen LogP) is 13.5. The molecule has 6 nitrogen and oxygen atoms in total. The highest BCUT2D eigenvalue weighted by molar-refractivity contribution is 6.13. The summed E-state index contributed by atoms with van der Waals surface area (Å²) in [6.45, 7) is 8.72. The third kappa shape index (κ3) is 5.83. The lowest BCUT2D eigenvalue weighted by atomic mass is 9.85. The highest BCUT2D eigenvalue weighted by atomic mass is 16.3. The Bertz CT molecular complexity index is 3260. The van der Waals surface area contributed by atoms with Crippen LogP contribution in [0.2, 0.25) is 0 Å². The molecule has 6 heteroatoms. The van der Waals surface area contributed by atoms with Gasteiger partial charge in [0, 0.05) is 44.0 Å². The summed E-state index contributed by atoms with van der Waals surface area (Å²) < 4.78 is 6.51. The molecule has 0 saturated heterocycles. The van der Waals surface area contributed by atoms with Gasteiger partial charge in [-0.1, -0.05) is 147 Å². The molecule has 0 atom stereocenters. The van der Waals surface area contributed by atoms with Gasteiger partial charge >= 0.3 is 0 Å². The number of hydrogen-bond acceptors (Lipinski definition) is 6. The smallest absolute Gasteiger partial charge is 0.164 e. The van der Waals surface area contributed by atoms with E-state index in [0.717, 1.165) is 94.8 Å². The van der Waals surface area contributed by atoms with Crippen LogP contribution in [0.1, 0.15) is 36.4 Å². The van der Waals surface area contributed by atoms with Crippen LogP contribution in [0, 0.1) is 13.8 Å². The fourth-order valence-electron chi connectivity index (χ4n) is 8.83. The summed E-state index contributed by atoms with van der Waals surface area (Å²) >= 11 is 0. The molecule has 3 aromatic heterocycles. The molecule has 0 fully saturated rings. The predicted molar refractivity (Wildman–Crippen MR) is 242 cm³/mol. The van der Waals surface area contributed by atoms with E-state index >= 15 is 0 Å². The monoisotopic (exact) mass is 773 g/mol. The molecule has 0 aliphatic heterocycles. The van der Waals surface area contributed by atoms with Crippen LogP contribution in [0.5, 0.6) is 0 Å². The van der Waals surface area contributed by atoms with Gasteiger partial charge in [0.05, 0.1) is 22.8 Å². The van der Waals surface area contributed by atoms with E-state index < -0.39 is 0 Å². The van der Waals surface area contributed by atoms with Crippen LogP contribution in [0.15, 0.2) is 168 Å². The van der Waals surface area contributed by atoms with E-state index in [1.54, 1.807) is 0 Å². The van der Waals surface area contributed by atoms with E-state index in [1.807, 2.05) is 66.7 Å². The number of aromatic nitrogens is 5. The molecule has 0 radical (unpaired) electrons. The minimum atomic E-state index is -0.202. The fraction of sp³-hybridized carbons (Fsp3) is 0.0926. The maximum atomic E-state index is 6.51. The molecule has 10 aromatic rings. The van der Waals surface area contributed by atoms with E-state index in [9.17, 15) is 0 Å². The van der Waals surface area contributed by atoms with E-state index in [0.29, 0.717) is 17.5 Å². The molecule has 1 aliphatic rings. The van der Waals surface area contributed by atoms with Crippen molar-refractivity contribution in [1.29, 1.82) is 0 Å². The van der Waals surface area contributed by atoms with Crippen LogP contribution in [0.3, 0.4) is 0 Å². The number of fused-ring (bicyclic) bond motifs is 6. The molecule has 0 unspecified atom stereocenters. The summed E-state index contributed by atoms with van der Waals surface area (Å²) in [5, 5.41) is 2.11. The van der Waals surface area contributed by atoms with Crippen molar-refractivity contribution in [3.05, 3.63) is 186 Å². The highest BCUT2D eigenvalue weighted by Gasteiger charge is 2.38. The average Bonchev–Trinajstić information content (AvgIpc) is 3.78. The quantitative estimate of drug-likeness (QED) is 0.167. The van der Waals surface area contributed by atoms with Gasteiger partial charge in [-0.25, -0.2) is 19.9 Å². The number of nitrogens with zero attached hydrogens (tertiary/aromatic N) is 5. The van der Waals surface area contributed by atoms with Gasteiger partial charge in [0.25, 0.3) is 0 Å². The summed E-state index contributed by atoms with van der Waals surface area (Å²) in [7, 11) is 0. The molecular weight excluding hydrogens is 735 g/mol. The molecular formula is C54H39N5O. The highest BCUT2D eigenvalue weighted by Crippen LogP contribution is 2.48. The van der Waals surface area contributed by atoms with Crippen LogP contribution in [-0.2, 0) is 5.41 Å². The van der Waals surface area contributed by atoms with Crippen molar-refractivity contribution in [3.63, 3.8) is 0 Å². The fourth-order valence-corrected chi connectivity index (χ4v) is 8.83. The Hall–Kier alpha value is -7.57. The lowest BCUT2D eigenvalue weighted by Gasteiger charge is -2.20. The molecule has 286 valence electrons. The maximum absolute atomic E-state index is 6.51. The second kappa shape index (κ2) is 13.8. The summed E-state index contributed by atoms with van der Waals surface area (Å²) in [6.07, 6.45) is 0. The zero-order valence-electron chi connectivity index (χ0n) is 33.7. The molecule has 0 amide bonds. The lowest BCUT2D eigenvalue weighted by molar-refractivity contribution is 0.632. The van der Waals surface area contributed by atoms with Crippen molar-refractivity contribution in [1.82, 2.24) is 24.9 Å². The second-order valence-electron chi connectivity index (χ2n) is 16.2. The molecule has 0 spiro atoms. The van der Waals surface area contributed by atoms with Gasteiger partial charge in [-0.3, -0.25) is 4.98 Å². The van der Waals surface area contributed by atoms with E-state index in [2.05, 4.69) is 125 Å². The van der Waals surface area contributed by atoms with Crippen molar-refractivity contribution in [2.45, 2.75) is 33.1 Å². The van der Waals surface area contributed by atoms with Crippen LogP contribution in [0.4, 0.5) is 0 Å². The van der Waals surface area contributed by atoms with Gasteiger partial charge in [-0.2, -0.15) is 0 Å². The number of hydrogen-bond donors (Lipinski definition) is 0. The van der Waals surface area contributed by atoms with Gasteiger partial charge in [0.15, 0.2) is 17.5 Å². The Morgan fingerprint density at radius 3 is 1.77 bits per heavy atom. The number of benzene rings is 7. The Morgan fingerprint density at radius 2 is 1.02 bits per heavy atom. The molecule has 0 saturated carbocycles. The van der Waals surface area contributed by atoms with E-state index in [-0.39, 0.29) is 5.41 Å². The number of rotatable bonds is 6. The first-order valence-corrected chi connectivity index (χ1v) is 20.3. The first-order chi connectivity index (χ1) is 29.3. The molecule has 0 N–H and O–H groups in total. The topological polar surface area (TPSA) is 77.6 Å². The maximum Gasteiger partial charge on any atom is 0.164 e. The van der Waals surface area contributed by atoms with Crippen molar-refractivity contribution in [3.8, 4) is 78.9 Å². The van der Waals surface area contributed by atoms with Crippen molar-refractivity contribution >= 4 is 21.9 Å². The summed E-state index contributed by atoms with van der Waals surface area (Å²) in [5.74, 6) is 1.88. The lowest BCUT2D eigenvalue weighted by Crippen LogP contribution is -2.17. The Balaban J connectivity index is 1.01. The van der Waals surface area contributed by atoms with E-state index in [1.165, 1.54) is 11.1 Å². The van der Waals surface area contributed by atoms with Crippen LogP contribution >= 0.6 is 0 Å². The first kappa shape index (κ1) is 35.6. The van der Waals surface area contributed by atoms with Gasteiger partial charge < -0.3 is 4.42 Å². The van der Waals surface area contributed by atoms with Gasteiger partial charge in [-0.05, 0) is 77.6 Å². The molecule has 7 aromatic carbocycles. The van der Waals surface area contributed by atoms with Crippen molar-refractivity contribution in [2.75, 3.05) is 0 Å². The van der Waals surface area contributed by atoms with Gasteiger partial charge in [0.2, 0.25) is 0 Å². The zero-order chi connectivity index (χ0) is 40.5. The Morgan fingerprint density at radius 1 is 0.417 bits per heavy atom. The normalized spacial score (nSPS) is 12.8. The van der Waals surface area contributed by atoms with Crippen LogP contribution in [0.25, 0.3) is 101 Å². The van der Waals surface area contributed by atoms with Crippen molar-refractivity contribution in [2.24, 2.45) is 0 Å². The largest absolute Gasteiger partial charge is 0.456 e.